The first-order valence-electron chi connectivity index (χ1n) is 6.81. The second-order valence-corrected chi connectivity index (χ2v) is 6.03. The average Bonchev–Trinajstić information content (AvgIpc) is 2.74. The molecule has 1 aromatic carbocycles. The van der Waals surface area contributed by atoms with Gasteiger partial charge in [0.05, 0.1) is 5.69 Å². The van der Waals surface area contributed by atoms with Gasteiger partial charge in [-0.25, -0.2) is 4.99 Å². The molecule has 1 heterocycles. The second kappa shape index (κ2) is 5.74. The highest BCUT2D eigenvalue weighted by Gasteiger charge is 2.08. The van der Waals surface area contributed by atoms with Gasteiger partial charge in [-0.15, -0.1) is 11.3 Å². The van der Waals surface area contributed by atoms with Crippen molar-refractivity contribution < 1.29 is 0 Å². The zero-order valence-electron chi connectivity index (χ0n) is 12.4. The summed E-state index contributed by atoms with van der Waals surface area (Å²) in [6, 6.07) is 6.93. The highest BCUT2D eigenvalue weighted by molar-refractivity contribution is 7.07. The van der Waals surface area contributed by atoms with E-state index < -0.39 is 0 Å². The molecular formula is C16H22N2S. The molecular weight excluding hydrogens is 252 g/mol. The molecule has 1 atom stereocenters. The Bertz CT molecular complexity index is 634. The van der Waals surface area contributed by atoms with Gasteiger partial charge in [0, 0.05) is 17.1 Å². The summed E-state index contributed by atoms with van der Waals surface area (Å²) in [6.07, 6.45) is 1.12. The number of benzene rings is 1. The summed E-state index contributed by atoms with van der Waals surface area (Å²) in [5.74, 6) is 0. The lowest BCUT2D eigenvalue weighted by Crippen LogP contribution is -2.19. The summed E-state index contributed by atoms with van der Waals surface area (Å²) in [6.45, 7) is 10.9. The molecule has 0 saturated carbocycles. The molecule has 0 aliphatic heterocycles. The van der Waals surface area contributed by atoms with Crippen molar-refractivity contribution in [1.82, 2.24) is 4.57 Å². The molecule has 0 bridgehead atoms. The number of hydrogen-bond donors (Lipinski definition) is 0. The van der Waals surface area contributed by atoms with Crippen molar-refractivity contribution in [3.05, 3.63) is 45.2 Å². The fourth-order valence-electron chi connectivity index (χ4n) is 2.14. The second-order valence-electron chi connectivity index (χ2n) is 5.19. The number of thiazole rings is 1. The summed E-state index contributed by atoms with van der Waals surface area (Å²) in [5.41, 5.74) is 4.86. The van der Waals surface area contributed by atoms with Crippen LogP contribution < -0.4 is 4.80 Å². The SMILES string of the molecule is CCC(C)n1c(C)csc1=Nc1cc(C)ccc1C. The Morgan fingerprint density at radius 3 is 2.68 bits per heavy atom. The molecule has 2 rings (SSSR count). The lowest BCUT2D eigenvalue weighted by atomic mass is 10.1. The Morgan fingerprint density at radius 2 is 2.00 bits per heavy atom. The molecule has 3 heteroatoms. The molecule has 0 radical (unpaired) electrons. The van der Waals surface area contributed by atoms with Crippen LogP contribution in [0.15, 0.2) is 28.6 Å². The van der Waals surface area contributed by atoms with Crippen LogP contribution in [0.1, 0.15) is 43.1 Å². The standard InChI is InChI=1S/C16H22N2S/c1-6-13(4)18-14(5)10-19-16(18)17-15-9-11(2)7-8-12(15)3/h7-10,13H,6H2,1-5H3. The van der Waals surface area contributed by atoms with Crippen LogP contribution in [0.25, 0.3) is 0 Å². The first-order chi connectivity index (χ1) is 9.02. The van der Waals surface area contributed by atoms with Crippen molar-refractivity contribution in [2.75, 3.05) is 0 Å². The predicted molar refractivity (Wildman–Crippen MR) is 83.2 cm³/mol. The predicted octanol–water partition coefficient (Wildman–Crippen LogP) is 4.68. The molecule has 0 amide bonds. The highest BCUT2D eigenvalue weighted by atomic mass is 32.1. The largest absolute Gasteiger partial charge is 0.318 e. The summed E-state index contributed by atoms with van der Waals surface area (Å²) in [7, 11) is 0. The molecule has 0 spiro atoms. The first-order valence-corrected chi connectivity index (χ1v) is 7.69. The van der Waals surface area contributed by atoms with Crippen LogP contribution in [-0.2, 0) is 0 Å². The quantitative estimate of drug-likeness (QED) is 0.773. The molecule has 0 N–H and O–H groups in total. The van der Waals surface area contributed by atoms with Crippen LogP contribution in [0.2, 0.25) is 0 Å². The molecule has 1 aromatic heterocycles. The van der Waals surface area contributed by atoms with E-state index in [0.29, 0.717) is 6.04 Å². The number of hydrogen-bond acceptors (Lipinski definition) is 2. The highest BCUT2D eigenvalue weighted by Crippen LogP contribution is 2.20. The zero-order chi connectivity index (χ0) is 14.0. The molecule has 2 aromatic rings. The molecule has 19 heavy (non-hydrogen) atoms. The van der Waals surface area contributed by atoms with Gasteiger partial charge in [-0.3, -0.25) is 0 Å². The molecule has 0 aliphatic carbocycles. The van der Waals surface area contributed by atoms with Crippen LogP contribution in [0.4, 0.5) is 5.69 Å². The van der Waals surface area contributed by atoms with E-state index in [2.05, 4.69) is 62.8 Å². The van der Waals surface area contributed by atoms with Crippen molar-refractivity contribution in [1.29, 1.82) is 0 Å². The maximum atomic E-state index is 4.87. The fraction of sp³-hybridized carbons (Fsp3) is 0.438. The smallest absolute Gasteiger partial charge is 0.190 e. The Balaban J connectivity index is 2.58. The van der Waals surface area contributed by atoms with E-state index in [1.165, 1.54) is 16.8 Å². The van der Waals surface area contributed by atoms with Gasteiger partial charge < -0.3 is 4.57 Å². The van der Waals surface area contributed by atoms with Gasteiger partial charge in [-0.05, 0) is 51.3 Å². The molecule has 102 valence electrons. The van der Waals surface area contributed by atoms with Gasteiger partial charge >= 0.3 is 0 Å². The van der Waals surface area contributed by atoms with Gasteiger partial charge in [0.15, 0.2) is 4.80 Å². The van der Waals surface area contributed by atoms with E-state index in [0.717, 1.165) is 16.9 Å². The average molecular weight is 274 g/mol. The summed E-state index contributed by atoms with van der Waals surface area (Å²) < 4.78 is 2.34. The Labute approximate surface area is 119 Å². The molecule has 0 saturated heterocycles. The number of aromatic nitrogens is 1. The third-order valence-electron chi connectivity index (χ3n) is 3.53. The Hall–Kier alpha value is -1.35. The summed E-state index contributed by atoms with van der Waals surface area (Å²) >= 11 is 1.73. The molecule has 0 aliphatic rings. The van der Waals surface area contributed by atoms with E-state index in [-0.39, 0.29) is 0 Å². The van der Waals surface area contributed by atoms with E-state index >= 15 is 0 Å². The fourth-order valence-corrected chi connectivity index (χ4v) is 3.12. The Morgan fingerprint density at radius 1 is 1.26 bits per heavy atom. The number of aryl methyl sites for hydroxylation is 3. The van der Waals surface area contributed by atoms with E-state index in [9.17, 15) is 0 Å². The van der Waals surface area contributed by atoms with Gasteiger partial charge in [-0.2, -0.15) is 0 Å². The topological polar surface area (TPSA) is 17.3 Å². The van der Waals surface area contributed by atoms with Crippen LogP contribution in [0.3, 0.4) is 0 Å². The van der Waals surface area contributed by atoms with Crippen LogP contribution >= 0.6 is 11.3 Å². The lowest BCUT2D eigenvalue weighted by molar-refractivity contribution is 0.508. The van der Waals surface area contributed by atoms with Crippen LogP contribution in [-0.4, -0.2) is 4.57 Å². The lowest BCUT2D eigenvalue weighted by Gasteiger charge is -2.13. The normalized spacial score (nSPS) is 13.8. The van der Waals surface area contributed by atoms with Crippen molar-refractivity contribution in [3.63, 3.8) is 0 Å². The maximum Gasteiger partial charge on any atom is 0.190 e. The Kier molecular flexibility index (Phi) is 4.25. The molecule has 0 fully saturated rings. The number of rotatable bonds is 3. The first kappa shape index (κ1) is 14.1. The zero-order valence-corrected chi connectivity index (χ0v) is 13.2. The van der Waals surface area contributed by atoms with E-state index in [1.807, 2.05) is 0 Å². The van der Waals surface area contributed by atoms with Crippen LogP contribution in [0, 0.1) is 20.8 Å². The third kappa shape index (κ3) is 2.98. The minimum absolute atomic E-state index is 0.495. The minimum Gasteiger partial charge on any atom is -0.318 e. The van der Waals surface area contributed by atoms with Crippen molar-refractivity contribution in [2.45, 2.75) is 47.1 Å². The van der Waals surface area contributed by atoms with E-state index in [4.69, 9.17) is 4.99 Å². The maximum absolute atomic E-state index is 4.87. The summed E-state index contributed by atoms with van der Waals surface area (Å²) in [4.78, 5) is 5.97. The van der Waals surface area contributed by atoms with Crippen molar-refractivity contribution in [2.24, 2.45) is 4.99 Å². The molecule has 2 nitrogen and oxygen atoms in total. The van der Waals surface area contributed by atoms with Gasteiger partial charge in [0.25, 0.3) is 0 Å². The monoisotopic (exact) mass is 274 g/mol. The van der Waals surface area contributed by atoms with Gasteiger partial charge in [0.2, 0.25) is 0 Å². The van der Waals surface area contributed by atoms with Crippen molar-refractivity contribution >= 4 is 17.0 Å². The van der Waals surface area contributed by atoms with Crippen molar-refractivity contribution in [3.8, 4) is 0 Å². The third-order valence-corrected chi connectivity index (χ3v) is 4.49. The molecule has 1 unspecified atom stereocenters. The minimum atomic E-state index is 0.495. The summed E-state index contributed by atoms with van der Waals surface area (Å²) in [5, 5.41) is 2.19. The van der Waals surface area contributed by atoms with Crippen LogP contribution in [0.5, 0.6) is 0 Å². The van der Waals surface area contributed by atoms with Gasteiger partial charge in [0.1, 0.15) is 0 Å². The van der Waals surface area contributed by atoms with Gasteiger partial charge in [-0.1, -0.05) is 19.1 Å². The number of nitrogens with zero attached hydrogens (tertiary/aromatic N) is 2. The van der Waals surface area contributed by atoms with E-state index in [1.54, 1.807) is 11.3 Å².